The van der Waals surface area contributed by atoms with Gasteiger partial charge in [0.15, 0.2) is 0 Å². The maximum absolute atomic E-state index is 6.20. The molecule has 3 rings (SSSR count). The van der Waals surface area contributed by atoms with Gasteiger partial charge in [-0.05, 0) is 55.7 Å². The SMILES string of the molecule is N[C@@H]1CCCOc2cc3c(cc21)CCCC3. The summed E-state index contributed by atoms with van der Waals surface area (Å²) < 4.78 is 5.80. The van der Waals surface area contributed by atoms with Crippen LogP contribution in [-0.4, -0.2) is 6.61 Å². The molecule has 1 aliphatic heterocycles. The summed E-state index contributed by atoms with van der Waals surface area (Å²) in [6.45, 7) is 0.819. The number of aryl methyl sites for hydroxylation is 2. The van der Waals surface area contributed by atoms with E-state index in [1.807, 2.05) is 0 Å². The summed E-state index contributed by atoms with van der Waals surface area (Å²) in [5, 5.41) is 0. The lowest BCUT2D eigenvalue weighted by Gasteiger charge is -2.20. The van der Waals surface area contributed by atoms with Gasteiger partial charge in [0.2, 0.25) is 0 Å². The van der Waals surface area contributed by atoms with Crippen molar-refractivity contribution in [3.8, 4) is 5.75 Å². The lowest BCUT2D eigenvalue weighted by Crippen LogP contribution is -2.11. The molecule has 1 atom stereocenters. The molecule has 0 amide bonds. The van der Waals surface area contributed by atoms with Crippen molar-refractivity contribution >= 4 is 0 Å². The summed E-state index contributed by atoms with van der Waals surface area (Å²) in [6.07, 6.45) is 7.18. The van der Waals surface area contributed by atoms with Gasteiger partial charge in [-0.3, -0.25) is 0 Å². The standard InChI is InChI=1S/C14H19NO/c15-13-6-3-7-16-14-9-11-5-2-1-4-10(11)8-12(13)14/h8-9,13H,1-7,15H2/t13-/m1/s1. The van der Waals surface area contributed by atoms with Crippen molar-refractivity contribution in [2.45, 2.75) is 44.6 Å². The van der Waals surface area contributed by atoms with Crippen LogP contribution in [0.5, 0.6) is 5.75 Å². The fourth-order valence-corrected chi connectivity index (χ4v) is 2.84. The van der Waals surface area contributed by atoms with E-state index in [1.165, 1.54) is 42.4 Å². The van der Waals surface area contributed by atoms with Crippen LogP contribution in [0.4, 0.5) is 0 Å². The Hall–Kier alpha value is -1.02. The molecule has 2 heteroatoms. The summed E-state index contributed by atoms with van der Waals surface area (Å²) in [4.78, 5) is 0. The van der Waals surface area contributed by atoms with E-state index < -0.39 is 0 Å². The molecule has 2 N–H and O–H groups in total. The molecule has 16 heavy (non-hydrogen) atoms. The van der Waals surface area contributed by atoms with Gasteiger partial charge in [-0.15, -0.1) is 0 Å². The van der Waals surface area contributed by atoms with Crippen LogP contribution in [0.25, 0.3) is 0 Å². The fraction of sp³-hybridized carbons (Fsp3) is 0.571. The van der Waals surface area contributed by atoms with Crippen molar-refractivity contribution in [2.75, 3.05) is 6.61 Å². The second-order valence-electron chi connectivity index (χ2n) is 4.96. The molecule has 0 unspecified atom stereocenters. The maximum atomic E-state index is 6.20. The largest absolute Gasteiger partial charge is 0.493 e. The monoisotopic (exact) mass is 217 g/mol. The number of hydrogen-bond acceptors (Lipinski definition) is 2. The average molecular weight is 217 g/mol. The maximum Gasteiger partial charge on any atom is 0.124 e. The van der Waals surface area contributed by atoms with Crippen LogP contribution >= 0.6 is 0 Å². The first-order chi connectivity index (χ1) is 7.84. The number of ether oxygens (including phenoxy) is 1. The highest BCUT2D eigenvalue weighted by atomic mass is 16.5. The molecule has 0 fully saturated rings. The van der Waals surface area contributed by atoms with E-state index in [0.29, 0.717) is 0 Å². The van der Waals surface area contributed by atoms with Crippen molar-refractivity contribution in [3.05, 3.63) is 28.8 Å². The molecule has 0 saturated carbocycles. The Morgan fingerprint density at radius 2 is 1.81 bits per heavy atom. The first kappa shape index (κ1) is 10.2. The molecule has 0 bridgehead atoms. The zero-order valence-electron chi connectivity index (χ0n) is 9.67. The molecule has 1 aromatic rings. The van der Waals surface area contributed by atoms with Gasteiger partial charge < -0.3 is 10.5 Å². The number of nitrogens with two attached hydrogens (primary N) is 1. The summed E-state index contributed by atoms with van der Waals surface area (Å²) in [7, 11) is 0. The Balaban J connectivity index is 2.06. The third kappa shape index (κ3) is 1.71. The highest BCUT2D eigenvalue weighted by molar-refractivity contribution is 5.45. The van der Waals surface area contributed by atoms with Gasteiger partial charge in [-0.25, -0.2) is 0 Å². The molecule has 1 aliphatic carbocycles. The van der Waals surface area contributed by atoms with Gasteiger partial charge in [-0.2, -0.15) is 0 Å². The second-order valence-corrected chi connectivity index (χ2v) is 4.96. The van der Waals surface area contributed by atoms with E-state index in [9.17, 15) is 0 Å². The second kappa shape index (κ2) is 4.10. The fourth-order valence-electron chi connectivity index (χ4n) is 2.84. The lowest BCUT2D eigenvalue weighted by molar-refractivity contribution is 0.315. The van der Waals surface area contributed by atoms with Crippen LogP contribution < -0.4 is 10.5 Å². The zero-order valence-corrected chi connectivity index (χ0v) is 9.67. The van der Waals surface area contributed by atoms with Crippen molar-refractivity contribution in [2.24, 2.45) is 5.73 Å². The van der Waals surface area contributed by atoms with Crippen LogP contribution in [0, 0.1) is 0 Å². The van der Waals surface area contributed by atoms with E-state index in [-0.39, 0.29) is 6.04 Å². The third-order valence-electron chi connectivity index (χ3n) is 3.79. The third-order valence-corrected chi connectivity index (χ3v) is 3.79. The van der Waals surface area contributed by atoms with Crippen LogP contribution in [-0.2, 0) is 12.8 Å². The van der Waals surface area contributed by atoms with Crippen molar-refractivity contribution in [1.29, 1.82) is 0 Å². The van der Waals surface area contributed by atoms with Gasteiger partial charge in [0.1, 0.15) is 5.75 Å². The van der Waals surface area contributed by atoms with Crippen LogP contribution in [0.15, 0.2) is 12.1 Å². The van der Waals surface area contributed by atoms with Gasteiger partial charge in [-0.1, -0.05) is 6.07 Å². The quantitative estimate of drug-likeness (QED) is 0.725. The first-order valence-electron chi connectivity index (χ1n) is 6.38. The van der Waals surface area contributed by atoms with Crippen molar-refractivity contribution in [3.63, 3.8) is 0 Å². The Morgan fingerprint density at radius 1 is 1.06 bits per heavy atom. The van der Waals surface area contributed by atoms with E-state index >= 15 is 0 Å². The Kier molecular flexibility index (Phi) is 2.60. The average Bonchev–Trinajstić information content (AvgIpc) is 2.49. The van der Waals surface area contributed by atoms with E-state index in [1.54, 1.807) is 0 Å². The summed E-state index contributed by atoms with van der Waals surface area (Å²) >= 11 is 0. The normalized spacial score (nSPS) is 23.9. The topological polar surface area (TPSA) is 35.2 Å². The number of benzene rings is 1. The molecular weight excluding hydrogens is 198 g/mol. The van der Waals surface area contributed by atoms with Gasteiger partial charge in [0, 0.05) is 11.6 Å². The Morgan fingerprint density at radius 3 is 2.62 bits per heavy atom. The number of hydrogen-bond donors (Lipinski definition) is 1. The van der Waals surface area contributed by atoms with Crippen LogP contribution in [0.2, 0.25) is 0 Å². The molecule has 0 saturated heterocycles. The van der Waals surface area contributed by atoms with Crippen LogP contribution in [0.3, 0.4) is 0 Å². The van der Waals surface area contributed by atoms with E-state index in [4.69, 9.17) is 10.5 Å². The predicted molar refractivity (Wildman–Crippen MR) is 64.7 cm³/mol. The van der Waals surface area contributed by atoms with E-state index in [2.05, 4.69) is 12.1 Å². The van der Waals surface area contributed by atoms with Crippen molar-refractivity contribution < 1.29 is 4.74 Å². The molecule has 1 heterocycles. The van der Waals surface area contributed by atoms with Gasteiger partial charge >= 0.3 is 0 Å². The number of rotatable bonds is 0. The molecule has 2 aliphatic rings. The Bertz CT molecular complexity index is 400. The molecule has 0 radical (unpaired) electrons. The van der Waals surface area contributed by atoms with Gasteiger partial charge in [0.05, 0.1) is 6.61 Å². The minimum absolute atomic E-state index is 0.171. The molecule has 86 valence electrons. The molecule has 0 spiro atoms. The summed E-state index contributed by atoms with van der Waals surface area (Å²) in [5.74, 6) is 1.05. The zero-order chi connectivity index (χ0) is 11.0. The summed E-state index contributed by atoms with van der Waals surface area (Å²) in [5.41, 5.74) is 10.4. The minimum Gasteiger partial charge on any atom is -0.493 e. The molecule has 2 nitrogen and oxygen atoms in total. The van der Waals surface area contributed by atoms with Crippen molar-refractivity contribution in [1.82, 2.24) is 0 Å². The number of fused-ring (bicyclic) bond motifs is 2. The predicted octanol–water partition coefficient (Wildman–Crippen LogP) is 2.74. The lowest BCUT2D eigenvalue weighted by atomic mass is 9.88. The molecule has 1 aromatic carbocycles. The molecular formula is C14H19NO. The highest BCUT2D eigenvalue weighted by Gasteiger charge is 2.20. The Labute approximate surface area is 96.8 Å². The first-order valence-corrected chi connectivity index (χ1v) is 6.38. The van der Waals surface area contributed by atoms with E-state index in [0.717, 1.165) is 25.2 Å². The summed E-state index contributed by atoms with van der Waals surface area (Å²) in [6, 6.07) is 4.72. The highest BCUT2D eigenvalue weighted by Crippen LogP contribution is 2.35. The molecule has 0 aromatic heterocycles. The smallest absolute Gasteiger partial charge is 0.124 e. The van der Waals surface area contributed by atoms with Crippen LogP contribution in [0.1, 0.15) is 48.4 Å². The minimum atomic E-state index is 0.171. The van der Waals surface area contributed by atoms with Gasteiger partial charge in [0.25, 0.3) is 0 Å².